The largest absolute Gasteiger partial charge is 0.459 e. The maximum absolute atomic E-state index is 14.1. The van der Waals surface area contributed by atoms with Gasteiger partial charge in [0, 0.05) is 29.8 Å². The molecular formula is C25H19F3N4O4. The highest BCUT2D eigenvalue weighted by atomic mass is 19.4. The van der Waals surface area contributed by atoms with Gasteiger partial charge in [0.2, 0.25) is 0 Å². The molecule has 1 aromatic carbocycles. The van der Waals surface area contributed by atoms with Crippen LogP contribution in [0.5, 0.6) is 0 Å². The molecule has 11 heteroatoms. The summed E-state index contributed by atoms with van der Waals surface area (Å²) in [7, 11) is 0. The van der Waals surface area contributed by atoms with Crippen molar-refractivity contribution in [1.82, 2.24) is 20.6 Å². The number of carbonyl (C=O) groups is 1. The fourth-order valence-corrected chi connectivity index (χ4v) is 4.43. The van der Waals surface area contributed by atoms with E-state index in [0.29, 0.717) is 54.2 Å². The van der Waals surface area contributed by atoms with Crippen LogP contribution in [0, 0.1) is 5.92 Å². The number of aryl methyl sites for hydroxylation is 1. The number of carbonyl (C=O) groups excluding carboxylic acids is 1. The van der Waals surface area contributed by atoms with Crippen molar-refractivity contribution in [1.29, 1.82) is 0 Å². The topological polar surface area (TPSA) is 103 Å². The van der Waals surface area contributed by atoms with Gasteiger partial charge < -0.3 is 19.1 Å². The lowest BCUT2D eigenvalue weighted by Crippen LogP contribution is -2.47. The second-order valence-corrected chi connectivity index (χ2v) is 8.70. The van der Waals surface area contributed by atoms with Crippen molar-refractivity contribution in [3.05, 3.63) is 65.0 Å². The number of nitrogens with zero attached hydrogens (tertiary/aromatic N) is 3. The number of nitrogens with one attached hydrogen (secondary N) is 1. The average Bonchev–Trinajstić information content (AvgIpc) is 3.46. The zero-order valence-corrected chi connectivity index (χ0v) is 18.8. The highest BCUT2D eigenvalue weighted by Gasteiger charge is 2.43. The molecule has 0 bridgehead atoms. The van der Waals surface area contributed by atoms with Gasteiger partial charge in [0.1, 0.15) is 23.6 Å². The van der Waals surface area contributed by atoms with E-state index in [1.54, 1.807) is 30.3 Å². The van der Waals surface area contributed by atoms with Crippen LogP contribution in [0.15, 0.2) is 51.5 Å². The minimum absolute atomic E-state index is 0.000945. The molecule has 1 fully saturated rings. The number of pyridine rings is 1. The van der Waals surface area contributed by atoms with Gasteiger partial charge in [-0.15, -0.1) is 0 Å². The Bertz CT molecular complexity index is 1440. The molecule has 1 N–H and O–H groups in total. The first-order chi connectivity index (χ1) is 17.4. The average molecular weight is 496 g/mol. The predicted octanol–water partition coefficient (Wildman–Crippen LogP) is 4.44. The first-order valence-electron chi connectivity index (χ1n) is 11.4. The van der Waals surface area contributed by atoms with Crippen LogP contribution < -0.4 is 5.32 Å². The quantitative estimate of drug-likeness (QED) is 0.405. The molecule has 2 aliphatic rings. The molecule has 0 spiro atoms. The SMILES string of the molecule is O=C(OCc1ccc2c(n1)CCc1c(-c3noc(-c4ccccc4)c3C(F)(F)F)noc1-2)C1CNC1. The summed E-state index contributed by atoms with van der Waals surface area (Å²) in [5, 5.41) is 10.7. The van der Waals surface area contributed by atoms with Crippen molar-refractivity contribution < 1.29 is 31.7 Å². The van der Waals surface area contributed by atoms with E-state index in [1.807, 2.05) is 0 Å². The van der Waals surface area contributed by atoms with Crippen LogP contribution in [0.1, 0.15) is 22.5 Å². The monoisotopic (exact) mass is 496 g/mol. The smallest absolute Gasteiger partial charge is 0.422 e. The molecule has 4 heterocycles. The lowest BCUT2D eigenvalue weighted by molar-refractivity contribution is -0.151. The lowest BCUT2D eigenvalue weighted by Gasteiger charge is -2.24. The van der Waals surface area contributed by atoms with Crippen molar-refractivity contribution in [3.63, 3.8) is 0 Å². The number of halogens is 3. The number of rotatable bonds is 5. The highest BCUT2D eigenvalue weighted by molar-refractivity contribution is 5.79. The molecule has 4 aromatic rings. The normalized spacial score (nSPS) is 15.2. The van der Waals surface area contributed by atoms with E-state index in [-0.39, 0.29) is 35.5 Å². The number of esters is 1. The lowest BCUT2D eigenvalue weighted by atomic mass is 9.91. The maximum Gasteiger partial charge on any atom is 0.422 e. The summed E-state index contributed by atoms with van der Waals surface area (Å²) in [6.07, 6.45) is -3.91. The van der Waals surface area contributed by atoms with Crippen LogP contribution in [0.4, 0.5) is 13.2 Å². The summed E-state index contributed by atoms with van der Waals surface area (Å²) in [6.45, 7) is 1.27. The summed E-state index contributed by atoms with van der Waals surface area (Å²) in [4.78, 5) is 16.5. The molecule has 3 aromatic heterocycles. The molecule has 36 heavy (non-hydrogen) atoms. The van der Waals surface area contributed by atoms with Crippen molar-refractivity contribution in [2.45, 2.75) is 25.6 Å². The van der Waals surface area contributed by atoms with E-state index in [9.17, 15) is 18.0 Å². The van der Waals surface area contributed by atoms with Gasteiger partial charge in [-0.3, -0.25) is 9.78 Å². The Hall–Kier alpha value is -3.99. The van der Waals surface area contributed by atoms with Gasteiger partial charge in [0.05, 0.1) is 17.3 Å². The van der Waals surface area contributed by atoms with Gasteiger partial charge >= 0.3 is 12.1 Å². The van der Waals surface area contributed by atoms with E-state index in [2.05, 4.69) is 20.6 Å². The van der Waals surface area contributed by atoms with Gasteiger partial charge in [-0.25, -0.2) is 0 Å². The van der Waals surface area contributed by atoms with Crippen molar-refractivity contribution in [2.24, 2.45) is 5.92 Å². The highest BCUT2D eigenvalue weighted by Crippen LogP contribution is 2.46. The van der Waals surface area contributed by atoms with Crippen molar-refractivity contribution >= 4 is 5.97 Å². The summed E-state index contributed by atoms with van der Waals surface area (Å²) in [5.41, 5.74) is 1.29. The van der Waals surface area contributed by atoms with Crippen molar-refractivity contribution in [2.75, 3.05) is 13.1 Å². The van der Waals surface area contributed by atoms with E-state index < -0.39 is 17.4 Å². The first-order valence-corrected chi connectivity index (χ1v) is 11.4. The minimum Gasteiger partial charge on any atom is -0.459 e. The van der Waals surface area contributed by atoms with Gasteiger partial charge in [-0.1, -0.05) is 40.6 Å². The third kappa shape index (κ3) is 3.85. The Kier molecular flexibility index (Phi) is 5.36. The maximum atomic E-state index is 14.1. The van der Waals surface area contributed by atoms with Crippen LogP contribution in [0.3, 0.4) is 0 Å². The van der Waals surface area contributed by atoms with E-state index in [0.717, 1.165) is 0 Å². The molecule has 1 aliphatic carbocycles. The van der Waals surface area contributed by atoms with E-state index >= 15 is 0 Å². The molecule has 1 saturated heterocycles. The fourth-order valence-electron chi connectivity index (χ4n) is 4.43. The Labute approximate surface area is 202 Å². The third-order valence-corrected chi connectivity index (χ3v) is 6.39. The number of alkyl halides is 3. The Balaban J connectivity index is 1.32. The Morgan fingerprint density at radius 3 is 2.47 bits per heavy atom. The van der Waals surface area contributed by atoms with Crippen LogP contribution in [-0.2, 0) is 35.2 Å². The Morgan fingerprint density at radius 1 is 1.00 bits per heavy atom. The van der Waals surface area contributed by atoms with Crippen LogP contribution in [-0.4, -0.2) is 34.4 Å². The van der Waals surface area contributed by atoms with Crippen LogP contribution >= 0.6 is 0 Å². The molecule has 0 amide bonds. The summed E-state index contributed by atoms with van der Waals surface area (Å²) >= 11 is 0. The summed E-state index contributed by atoms with van der Waals surface area (Å²) in [5.74, 6) is -0.415. The molecule has 1 aliphatic heterocycles. The molecule has 8 nitrogen and oxygen atoms in total. The molecule has 6 rings (SSSR count). The number of benzene rings is 1. The molecular weight excluding hydrogens is 477 g/mol. The minimum atomic E-state index is -4.72. The Morgan fingerprint density at radius 2 is 1.75 bits per heavy atom. The third-order valence-electron chi connectivity index (χ3n) is 6.39. The summed E-state index contributed by atoms with van der Waals surface area (Å²) in [6, 6.07) is 11.5. The first kappa shape index (κ1) is 22.5. The molecule has 0 unspecified atom stereocenters. The number of aromatic nitrogens is 3. The van der Waals surface area contributed by atoms with Gasteiger partial charge in [-0.05, 0) is 25.0 Å². The molecule has 0 radical (unpaired) electrons. The molecule has 0 atom stereocenters. The van der Waals surface area contributed by atoms with Crippen LogP contribution in [0.2, 0.25) is 0 Å². The number of hydrogen-bond acceptors (Lipinski definition) is 8. The zero-order valence-electron chi connectivity index (χ0n) is 18.8. The van der Waals surface area contributed by atoms with Crippen LogP contribution in [0.25, 0.3) is 34.0 Å². The number of fused-ring (bicyclic) bond motifs is 3. The second-order valence-electron chi connectivity index (χ2n) is 8.70. The van der Waals surface area contributed by atoms with E-state index in [1.165, 1.54) is 12.1 Å². The van der Waals surface area contributed by atoms with Gasteiger partial charge in [0.25, 0.3) is 0 Å². The molecule has 184 valence electrons. The standard InChI is InChI=1S/C25H19F3N4O4/c26-25(27,28)19-21(32-35-22(19)13-4-2-1-3-5-13)20-17-8-9-18-16(23(17)36-31-20)7-6-15(30-18)12-34-24(33)14-10-29-11-14/h1-7,14,29H,8-12H2. The molecule has 0 saturated carbocycles. The van der Waals surface area contributed by atoms with E-state index in [4.69, 9.17) is 13.8 Å². The van der Waals surface area contributed by atoms with Gasteiger partial charge in [-0.2, -0.15) is 13.2 Å². The number of ether oxygens (including phenoxy) is 1. The number of hydrogen-bond donors (Lipinski definition) is 1. The summed E-state index contributed by atoms with van der Waals surface area (Å²) < 4.78 is 58.4. The fraction of sp³-hybridized carbons (Fsp3) is 0.280. The zero-order chi connectivity index (χ0) is 24.9. The van der Waals surface area contributed by atoms with Crippen molar-refractivity contribution in [3.8, 4) is 34.0 Å². The predicted molar refractivity (Wildman–Crippen MR) is 119 cm³/mol. The second kappa shape index (κ2) is 8.59. The van der Waals surface area contributed by atoms with Gasteiger partial charge in [0.15, 0.2) is 11.5 Å².